The molecule has 0 amide bonds. The van der Waals surface area contributed by atoms with Crippen molar-refractivity contribution in [1.29, 1.82) is 0 Å². The van der Waals surface area contributed by atoms with Crippen LogP contribution in [-0.4, -0.2) is 12.1 Å². The zero-order chi connectivity index (χ0) is 36.3. The van der Waals surface area contributed by atoms with E-state index in [1.807, 2.05) is 11.3 Å². The summed E-state index contributed by atoms with van der Waals surface area (Å²) in [4.78, 5) is 6.38. The summed E-state index contributed by atoms with van der Waals surface area (Å²) in [5, 5.41) is 1.20. The molecule has 1 aromatic heterocycles. The first-order valence-electron chi connectivity index (χ1n) is 19.0. The summed E-state index contributed by atoms with van der Waals surface area (Å²) in [7, 11) is 0. The molecule has 0 spiro atoms. The van der Waals surface area contributed by atoms with Crippen molar-refractivity contribution >= 4 is 33.4 Å². The van der Waals surface area contributed by atoms with Gasteiger partial charge < -0.3 is 9.80 Å². The third-order valence-corrected chi connectivity index (χ3v) is 12.5. The fraction of sp³-hybridized carbons (Fsp3) is 0.200. The molecule has 2 heterocycles. The fourth-order valence-corrected chi connectivity index (χ4v) is 9.81. The maximum Gasteiger partial charge on any atom is 0.101 e. The smallest absolute Gasteiger partial charge is 0.101 e. The van der Waals surface area contributed by atoms with Gasteiger partial charge in [0, 0.05) is 39.4 Å². The van der Waals surface area contributed by atoms with Crippen LogP contribution in [0.15, 0.2) is 152 Å². The maximum atomic E-state index is 2.62. The van der Waals surface area contributed by atoms with E-state index in [2.05, 4.69) is 196 Å². The fourth-order valence-electron chi connectivity index (χ4n) is 8.76. The quantitative estimate of drug-likeness (QED) is 0.170. The minimum atomic E-state index is -0.156. The number of nitrogens with zero attached hydrogens (tertiary/aromatic N) is 2. The normalized spacial score (nSPS) is 14.4. The van der Waals surface area contributed by atoms with E-state index in [0.29, 0.717) is 0 Å². The molecular weight excluding hydrogens is 661 g/mol. The number of rotatable bonds is 6. The van der Waals surface area contributed by atoms with Crippen molar-refractivity contribution < 1.29 is 0 Å². The van der Waals surface area contributed by atoms with E-state index in [4.69, 9.17) is 0 Å². The Bertz CT molecular complexity index is 2430. The Morgan fingerprint density at radius 3 is 1.98 bits per heavy atom. The van der Waals surface area contributed by atoms with Crippen molar-refractivity contribution in [2.45, 2.75) is 58.4 Å². The largest absolute Gasteiger partial charge is 0.366 e. The number of hydrogen-bond donors (Lipinski definition) is 0. The van der Waals surface area contributed by atoms with Crippen LogP contribution < -0.4 is 9.80 Å². The molecule has 0 saturated carbocycles. The first-order valence-corrected chi connectivity index (χ1v) is 19.8. The maximum absolute atomic E-state index is 2.62. The third-order valence-electron chi connectivity index (χ3n) is 11.4. The molecule has 0 fully saturated rings. The third kappa shape index (κ3) is 5.79. The Kier molecular flexibility index (Phi) is 8.16. The van der Waals surface area contributed by atoms with E-state index in [9.17, 15) is 0 Å². The highest BCUT2D eigenvalue weighted by molar-refractivity contribution is 7.19. The molecule has 0 atom stereocenters. The van der Waals surface area contributed by atoms with Crippen LogP contribution in [0.4, 0.5) is 22.1 Å². The molecule has 1 aliphatic carbocycles. The Morgan fingerprint density at radius 2 is 1.25 bits per heavy atom. The van der Waals surface area contributed by atoms with Crippen LogP contribution in [0.5, 0.6) is 0 Å². The van der Waals surface area contributed by atoms with Gasteiger partial charge in [-0.1, -0.05) is 123 Å². The Morgan fingerprint density at radius 1 is 0.585 bits per heavy atom. The lowest BCUT2D eigenvalue weighted by atomic mass is 9.81. The number of hydrogen-bond acceptors (Lipinski definition) is 3. The van der Waals surface area contributed by atoms with Crippen molar-refractivity contribution in [3.05, 3.63) is 168 Å². The minimum Gasteiger partial charge on any atom is -0.366 e. The van der Waals surface area contributed by atoms with E-state index in [0.717, 1.165) is 25.1 Å². The van der Waals surface area contributed by atoms with Gasteiger partial charge in [-0.15, -0.1) is 11.3 Å². The van der Waals surface area contributed by atoms with Gasteiger partial charge in [-0.25, -0.2) is 0 Å². The van der Waals surface area contributed by atoms with Gasteiger partial charge in [-0.3, -0.25) is 0 Å². The van der Waals surface area contributed by atoms with Crippen molar-refractivity contribution in [1.82, 2.24) is 0 Å². The average molecular weight is 707 g/mol. The predicted octanol–water partition coefficient (Wildman–Crippen LogP) is 14.1. The first-order chi connectivity index (χ1) is 25.7. The van der Waals surface area contributed by atoms with Gasteiger partial charge in [-0.2, -0.15) is 0 Å². The summed E-state index contributed by atoms with van der Waals surface area (Å²) < 4.78 is 0. The number of anilines is 4. The molecule has 0 N–H and O–H groups in total. The minimum absolute atomic E-state index is 0.0462. The first kappa shape index (κ1) is 33.5. The van der Waals surface area contributed by atoms with Gasteiger partial charge in [0.15, 0.2) is 0 Å². The highest BCUT2D eigenvalue weighted by Gasteiger charge is 2.39. The summed E-state index contributed by atoms with van der Waals surface area (Å²) in [5.41, 5.74) is 17.0. The topological polar surface area (TPSA) is 6.48 Å². The van der Waals surface area contributed by atoms with Gasteiger partial charge >= 0.3 is 0 Å². The number of fused-ring (bicyclic) bond motifs is 4. The lowest BCUT2D eigenvalue weighted by Crippen LogP contribution is -2.44. The number of thiophene rings is 1. The van der Waals surface area contributed by atoms with Crippen molar-refractivity contribution in [3.8, 4) is 43.8 Å². The van der Waals surface area contributed by atoms with E-state index in [1.165, 1.54) is 76.9 Å². The van der Waals surface area contributed by atoms with E-state index < -0.39 is 0 Å². The van der Waals surface area contributed by atoms with Crippen LogP contribution in [0.1, 0.15) is 57.7 Å². The molecule has 2 nitrogen and oxygen atoms in total. The summed E-state index contributed by atoms with van der Waals surface area (Å²) in [6, 6.07) is 56.3. The second-order valence-electron chi connectivity index (χ2n) is 16.1. The van der Waals surface area contributed by atoms with Crippen LogP contribution in [-0.2, 0) is 11.8 Å². The molecule has 3 heteroatoms. The molecule has 262 valence electrons. The van der Waals surface area contributed by atoms with Gasteiger partial charge in [-0.05, 0) is 132 Å². The van der Waals surface area contributed by atoms with Crippen molar-refractivity contribution in [2.24, 2.45) is 0 Å². The molecule has 53 heavy (non-hydrogen) atoms. The standard InChI is InChI=1S/C50H46N2S/c1-49(2,3)51-31-15-22-40-39(21-14-24-45(40)51)42-32-38(33-44-48(42)41-20-12-13-23-43(41)50(44,4)5)52(47-30-29-46(53-47)36-18-10-7-11-19-36)37-27-25-35(26-28-37)34-16-8-6-9-17-34/h6-14,16-21,23-30,32-33H,15,22,31H2,1-5H3. The molecule has 0 saturated heterocycles. The van der Waals surface area contributed by atoms with Crippen LogP contribution in [0.25, 0.3) is 43.8 Å². The summed E-state index contributed by atoms with van der Waals surface area (Å²) in [6.45, 7) is 12.9. The highest BCUT2D eigenvalue weighted by Crippen LogP contribution is 2.56. The van der Waals surface area contributed by atoms with Gasteiger partial charge in [0.25, 0.3) is 0 Å². The molecule has 0 bridgehead atoms. The lowest BCUT2D eigenvalue weighted by molar-refractivity contribution is 0.484. The summed E-state index contributed by atoms with van der Waals surface area (Å²) in [6.07, 6.45) is 2.24. The number of benzene rings is 6. The van der Waals surface area contributed by atoms with E-state index in [1.54, 1.807) is 0 Å². The van der Waals surface area contributed by atoms with Crippen LogP contribution in [0, 0.1) is 0 Å². The Hall–Kier alpha value is -5.38. The van der Waals surface area contributed by atoms with Crippen LogP contribution in [0.2, 0.25) is 0 Å². The van der Waals surface area contributed by atoms with E-state index >= 15 is 0 Å². The molecule has 2 aliphatic rings. The monoisotopic (exact) mass is 706 g/mol. The summed E-state index contributed by atoms with van der Waals surface area (Å²) >= 11 is 1.85. The molecule has 0 radical (unpaired) electrons. The van der Waals surface area contributed by atoms with Crippen molar-refractivity contribution in [3.63, 3.8) is 0 Å². The molecule has 9 rings (SSSR count). The van der Waals surface area contributed by atoms with Crippen molar-refractivity contribution in [2.75, 3.05) is 16.3 Å². The van der Waals surface area contributed by atoms with Crippen LogP contribution in [0.3, 0.4) is 0 Å². The zero-order valence-corrected chi connectivity index (χ0v) is 32.2. The molecule has 1 aliphatic heterocycles. The van der Waals surface area contributed by atoms with Crippen LogP contribution >= 0.6 is 11.3 Å². The average Bonchev–Trinajstić information content (AvgIpc) is 3.76. The molecule has 6 aromatic carbocycles. The second kappa shape index (κ2) is 12.9. The molecule has 7 aromatic rings. The second-order valence-corrected chi connectivity index (χ2v) is 17.1. The Labute approximate surface area is 319 Å². The molecular formula is C50H46N2S. The predicted molar refractivity (Wildman–Crippen MR) is 228 cm³/mol. The van der Waals surface area contributed by atoms with Gasteiger partial charge in [0.2, 0.25) is 0 Å². The SMILES string of the molecule is CC1(C)c2ccccc2-c2c(-c3cccc4c3CCCN4C(C)(C)C)cc(N(c3ccc(-c4ccccc4)cc3)c3ccc(-c4ccccc4)s3)cc21. The van der Waals surface area contributed by atoms with E-state index in [-0.39, 0.29) is 11.0 Å². The molecule has 0 unspecified atom stereocenters. The lowest BCUT2D eigenvalue weighted by Gasteiger charge is -2.42. The van der Waals surface area contributed by atoms with Gasteiger partial charge in [0.05, 0.1) is 0 Å². The zero-order valence-electron chi connectivity index (χ0n) is 31.4. The summed E-state index contributed by atoms with van der Waals surface area (Å²) in [5.74, 6) is 0. The Balaban J connectivity index is 1.29. The highest BCUT2D eigenvalue weighted by atomic mass is 32.1. The van der Waals surface area contributed by atoms with Gasteiger partial charge in [0.1, 0.15) is 5.00 Å².